The van der Waals surface area contributed by atoms with Crippen molar-refractivity contribution in [2.45, 2.75) is 23.9 Å². The van der Waals surface area contributed by atoms with E-state index in [4.69, 9.17) is 4.74 Å². The van der Waals surface area contributed by atoms with Gasteiger partial charge < -0.3 is 10.1 Å². The van der Waals surface area contributed by atoms with E-state index in [9.17, 15) is 8.42 Å². The largest absolute Gasteiger partial charge is 0.379 e. The minimum atomic E-state index is -3.13. The van der Waals surface area contributed by atoms with E-state index in [0.717, 1.165) is 38.4 Å². The molecule has 2 heterocycles. The number of ether oxygens (including phenoxy) is 1. The van der Waals surface area contributed by atoms with Gasteiger partial charge in [0.1, 0.15) is 0 Å². The van der Waals surface area contributed by atoms with Crippen LogP contribution < -0.4 is 5.32 Å². The Balaban J connectivity index is 1.65. The van der Waals surface area contributed by atoms with Crippen LogP contribution in [0.1, 0.15) is 18.5 Å². The molecule has 2 aliphatic heterocycles. The van der Waals surface area contributed by atoms with Crippen molar-refractivity contribution in [1.29, 1.82) is 0 Å². The smallest absolute Gasteiger partial charge is 0.180 e. The highest BCUT2D eigenvalue weighted by molar-refractivity contribution is 7.91. The summed E-state index contributed by atoms with van der Waals surface area (Å²) in [4.78, 5) is 2.84. The summed E-state index contributed by atoms with van der Waals surface area (Å²) in [6, 6.07) is 7.46. The second-order valence-corrected chi connectivity index (χ2v) is 7.86. The topological polar surface area (TPSA) is 58.6 Å². The fourth-order valence-electron chi connectivity index (χ4n) is 3.16. The molecule has 0 aliphatic carbocycles. The minimum absolute atomic E-state index is 0.0951. The summed E-state index contributed by atoms with van der Waals surface area (Å²) in [5, 5.41) is 3.48. The van der Waals surface area contributed by atoms with E-state index < -0.39 is 9.84 Å². The van der Waals surface area contributed by atoms with Crippen LogP contribution >= 0.6 is 0 Å². The van der Waals surface area contributed by atoms with E-state index in [2.05, 4.69) is 17.1 Å². The Morgan fingerprint density at radius 3 is 2.81 bits per heavy atom. The third kappa shape index (κ3) is 3.29. The molecule has 0 radical (unpaired) electrons. The van der Waals surface area contributed by atoms with Crippen molar-refractivity contribution in [3.63, 3.8) is 0 Å². The van der Waals surface area contributed by atoms with Gasteiger partial charge in [0.25, 0.3) is 0 Å². The number of sulfone groups is 1. The lowest BCUT2D eigenvalue weighted by atomic mass is 10.1. The molecule has 0 spiro atoms. The lowest BCUT2D eigenvalue weighted by molar-refractivity contribution is 0.0339. The van der Waals surface area contributed by atoms with Gasteiger partial charge in [-0.25, -0.2) is 8.42 Å². The van der Waals surface area contributed by atoms with Gasteiger partial charge in [0.15, 0.2) is 9.84 Å². The maximum absolute atomic E-state index is 12.2. The van der Waals surface area contributed by atoms with Gasteiger partial charge in [0.05, 0.1) is 23.9 Å². The van der Waals surface area contributed by atoms with Crippen molar-refractivity contribution in [3.05, 3.63) is 29.8 Å². The Hall–Kier alpha value is -0.950. The van der Waals surface area contributed by atoms with Crippen molar-refractivity contribution in [3.8, 4) is 0 Å². The third-order valence-corrected chi connectivity index (χ3v) is 5.95. The first kappa shape index (κ1) is 15.0. The third-order valence-electron chi connectivity index (χ3n) is 4.14. The molecular weight excluding hydrogens is 288 g/mol. The van der Waals surface area contributed by atoms with Crippen molar-refractivity contribution in [1.82, 2.24) is 10.2 Å². The van der Waals surface area contributed by atoms with E-state index >= 15 is 0 Å². The molecule has 1 N–H and O–H groups in total. The maximum atomic E-state index is 12.2. The molecule has 0 aromatic heterocycles. The highest BCUT2D eigenvalue weighted by atomic mass is 32.2. The van der Waals surface area contributed by atoms with Crippen LogP contribution in [0.2, 0.25) is 0 Å². The van der Waals surface area contributed by atoms with Gasteiger partial charge in [0, 0.05) is 31.7 Å². The zero-order chi connectivity index (χ0) is 14.9. The SMILES string of the molecule is CC(CN1CCOCC1)NC1CS(=O)(=O)c2ccccc21. The van der Waals surface area contributed by atoms with Crippen molar-refractivity contribution in [2.75, 3.05) is 38.6 Å². The molecule has 0 bridgehead atoms. The predicted octanol–water partition coefficient (Wildman–Crippen LogP) is 0.825. The fourth-order valence-corrected chi connectivity index (χ4v) is 4.91. The molecule has 2 unspecified atom stereocenters. The molecule has 1 fully saturated rings. The lowest BCUT2D eigenvalue weighted by Crippen LogP contribution is -2.45. The number of nitrogens with one attached hydrogen (secondary N) is 1. The molecular formula is C15H22N2O3S. The van der Waals surface area contributed by atoms with Crippen LogP contribution in [0.25, 0.3) is 0 Å². The summed E-state index contributed by atoms with van der Waals surface area (Å²) >= 11 is 0. The monoisotopic (exact) mass is 310 g/mol. The van der Waals surface area contributed by atoms with Crippen LogP contribution in [0.5, 0.6) is 0 Å². The maximum Gasteiger partial charge on any atom is 0.180 e. The first-order valence-corrected chi connectivity index (χ1v) is 9.09. The summed E-state index contributed by atoms with van der Waals surface area (Å²) in [5.74, 6) is 0.166. The Kier molecular flexibility index (Phi) is 4.31. The van der Waals surface area contributed by atoms with Crippen LogP contribution in [0.4, 0.5) is 0 Å². The van der Waals surface area contributed by atoms with Crippen LogP contribution in [0.3, 0.4) is 0 Å². The molecule has 5 nitrogen and oxygen atoms in total. The Labute approximate surface area is 126 Å². The zero-order valence-corrected chi connectivity index (χ0v) is 13.1. The molecule has 0 saturated carbocycles. The Morgan fingerprint density at radius 1 is 1.33 bits per heavy atom. The number of fused-ring (bicyclic) bond motifs is 1. The van der Waals surface area contributed by atoms with Crippen molar-refractivity contribution >= 4 is 9.84 Å². The number of hydrogen-bond acceptors (Lipinski definition) is 5. The van der Waals surface area contributed by atoms with Gasteiger partial charge in [-0.3, -0.25) is 4.90 Å². The lowest BCUT2D eigenvalue weighted by Gasteiger charge is -2.30. The minimum Gasteiger partial charge on any atom is -0.379 e. The quantitative estimate of drug-likeness (QED) is 0.892. The van der Waals surface area contributed by atoms with E-state index in [1.807, 2.05) is 12.1 Å². The van der Waals surface area contributed by atoms with Gasteiger partial charge in [-0.2, -0.15) is 0 Å². The van der Waals surface area contributed by atoms with Gasteiger partial charge in [-0.15, -0.1) is 0 Å². The van der Waals surface area contributed by atoms with Gasteiger partial charge >= 0.3 is 0 Å². The molecule has 2 atom stereocenters. The van der Waals surface area contributed by atoms with E-state index in [1.54, 1.807) is 12.1 Å². The van der Waals surface area contributed by atoms with Gasteiger partial charge in [-0.1, -0.05) is 18.2 Å². The standard InChI is InChI=1S/C15H22N2O3S/c1-12(10-17-6-8-20-9-7-17)16-14-11-21(18,19)15-5-3-2-4-13(14)15/h2-5,12,14,16H,6-11H2,1H3. The summed E-state index contributed by atoms with van der Waals surface area (Å²) < 4.78 is 29.7. The molecule has 0 amide bonds. The second-order valence-electron chi connectivity index (χ2n) is 5.85. The summed E-state index contributed by atoms with van der Waals surface area (Å²) in [6.07, 6.45) is 0. The van der Waals surface area contributed by atoms with Crippen LogP contribution in [-0.2, 0) is 14.6 Å². The Bertz CT molecular complexity index is 597. The van der Waals surface area contributed by atoms with Crippen molar-refractivity contribution in [2.24, 2.45) is 0 Å². The number of nitrogens with zero attached hydrogens (tertiary/aromatic N) is 1. The molecule has 1 aromatic carbocycles. The number of morpholine rings is 1. The molecule has 21 heavy (non-hydrogen) atoms. The predicted molar refractivity (Wildman–Crippen MR) is 81.1 cm³/mol. The average molecular weight is 310 g/mol. The van der Waals surface area contributed by atoms with Gasteiger partial charge in [-0.05, 0) is 18.6 Å². The summed E-state index contributed by atoms with van der Waals surface area (Å²) in [6.45, 7) is 6.50. The molecule has 1 saturated heterocycles. The van der Waals surface area contributed by atoms with Crippen LogP contribution in [0.15, 0.2) is 29.2 Å². The molecule has 1 aromatic rings. The zero-order valence-electron chi connectivity index (χ0n) is 12.3. The average Bonchev–Trinajstić information content (AvgIpc) is 2.72. The Morgan fingerprint density at radius 2 is 2.05 bits per heavy atom. The number of hydrogen-bond donors (Lipinski definition) is 1. The van der Waals surface area contributed by atoms with E-state index in [-0.39, 0.29) is 17.8 Å². The highest BCUT2D eigenvalue weighted by Gasteiger charge is 2.34. The number of benzene rings is 1. The fraction of sp³-hybridized carbons (Fsp3) is 0.600. The molecule has 6 heteroatoms. The highest BCUT2D eigenvalue weighted by Crippen LogP contribution is 2.33. The van der Waals surface area contributed by atoms with Crippen LogP contribution in [-0.4, -0.2) is 58.0 Å². The molecule has 3 rings (SSSR count). The summed E-state index contributed by atoms with van der Waals surface area (Å²) in [5.41, 5.74) is 0.909. The normalized spacial score (nSPS) is 26.4. The van der Waals surface area contributed by atoms with E-state index in [1.165, 1.54) is 0 Å². The van der Waals surface area contributed by atoms with E-state index in [0.29, 0.717) is 4.90 Å². The first-order valence-electron chi connectivity index (χ1n) is 7.44. The van der Waals surface area contributed by atoms with Gasteiger partial charge in [0.2, 0.25) is 0 Å². The molecule has 116 valence electrons. The number of rotatable bonds is 4. The first-order chi connectivity index (χ1) is 10.1. The second kappa shape index (κ2) is 6.04. The van der Waals surface area contributed by atoms with Crippen LogP contribution in [0, 0.1) is 0 Å². The summed E-state index contributed by atoms with van der Waals surface area (Å²) in [7, 11) is -3.13. The van der Waals surface area contributed by atoms with Crippen molar-refractivity contribution < 1.29 is 13.2 Å². The molecule has 2 aliphatic rings.